The number of benzene rings is 9. The van der Waals surface area contributed by atoms with E-state index in [1.807, 2.05) is 64.0 Å². The van der Waals surface area contributed by atoms with Crippen LogP contribution in [0.1, 0.15) is 139 Å². The van der Waals surface area contributed by atoms with E-state index in [1.54, 1.807) is 60.5 Å². The predicted octanol–water partition coefficient (Wildman–Crippen LogP) is 8.85. The largest absolute Gasteiger partial charge is 0.508 e. The van der Waals surface area contributed by atoms with Gasteiger partial charge >= 0.3 is 0 Å². The lowest BCUT2D eigenvalue weighted by Gasteiger charge is -2.42. The Bertz CT molecular complexity index is 5820. The number of carbonyl (C=O) groups excluding carboxylic acids is 8. The van der Waals surface area contributed by atoms with Crippen LogP contribution in [0.25, 0.3) is 11.1 Å². The number of aromatic hydroxyl groups is 5. The summed E-state index contributed by atoms with van der Waals surface area (Å²) in [5.74, 6) is -13.6. The molecule has 13 atom stereocenters. The number of unbranched alkanes of at least 4 members (excludes halogenated alkanes) is 2. The van der Waals surface area contributed by atoms with Crippen LogP contribution < -0.4 is 76.3 Å². The number of nitrogens with one attached hydrogen (secondary N) is 9. The van der Waals surface area contributed by atoms with E-state index in [2.05, 4.69) is 47.9 Å². The molecule has 1 fully saturated rings. The van der Waals surface area contributed by atoms with Gasteiger partial charge in [-0.1, -0.05) is 104 Å². The van der Waals surface area contributed by atoms with Crippen LogP contribution in [-0.2, 0) is 62.6 Å². The Hall–Kier alpha value is -13.2. The molecular weight excluding hydrogens is 1770 g/mol. The molecule has 8 amide bonds. The van der Waals surface area contributed by atoms with Crippen molar-refractivity contribution in [2.75, 3.05) is 74.6 Å². The van der Waals surface area contributed by atoms with Crippen LogP contribution >= 0.6 is 23.2 Å². The van der Waals surface area contributed by atoms with Gasteiger partial charge in [0.25, 0.3) is 5.91 Å². The number of hydrogen-bond donors (Lipinski definition) is 17. The van der Waals surface area contributed by atoms with Crippen LogP contribution in [-0.4, -0.2) is 220 Å². The lowest BCUT2D eigenvalue weighted by Crippen LogP contribution is -2.66. The summed E-state index contributed by atoms with van der Waals surface area (Å²) in [7, 11) is 8.97. The van der Waals surface area contributed by atoms with Gasteiger partial charge in [-0.15, -0.1) is 0 Å². The van der Waals surface area contributed by atoms with Crippen LogP contribution in [0.15, 0.2) is 164 Å². The minimum atomic E-state index is -2.35. The monoisotopic (exact) mass is 1880 g/mol. The van der Waals surface area contributed by atoms with Gasteiger partial charge in [0, 0.05) is 61.4 Å². The van der Waals surface area contributed by atoms with Gasteiger partial charge in [0.05, 0.1) is 29.3 Å². The Kier molecular flexibility index (Phi) is 31.2. The molecule has 17 bridgehead atoms. The number of aliphatic hydroxyl groups excluding tert-OH is 3. The van der Waals surface area contributed by atoms with Gasteiger partial charge in [-0.25, -0.2) is 0 Å². The molecule has 9 aromatic rings. The van der Waals surface area contributed by atoms with E-state index < -0.39 is 188 Å². The number of rotatable bonds is 26. The van der Waals surface area contributed by atoms with Crippen molar-refractivity contribution >= 4 is 70.5 Å². The zero-order chi connectivity index (χ0) is 95.5. The van der Waals surface area contributed by atoms with Gasteiger partial charge in [0.1, 0.15) is 112 Å². The number of carbonyl (C=O) groups is 8. The van der Waals surface area contributed by atoms with Gasteiger partial charge < -0.3 is 132 Å². The molecule has 7 heterocycles. The minimum Gasteiger partial charge on any atom is -0.508 e. The fourth-order valence-corrected chi connectivity index (χ4v) is 16.8. The second kappa shape index (κ2) is 43.2. The maximum absolute atomic E-state index is 16.9. The van der Waals surface area contributed by atoms with Gasteiger partial charge in [-0.3, -0.25) is 43.3 Å². The van der Waals surface area contributed by atoms with E-state index in [4.69, 9.17) is 56.4 Å². The third kappa shape index (κ3) is 22.8. The summed E-state index contributed by atoms with van der Waals surface area (Å²) in [6, 6.07) is 22.6. The Morgan fingerprint density at radius 3 is 1.75 bits per heavy atom. The third-order valence-electron chi connectivity index (χ3n) is 23.5. The molecule has 0 aliphatic carbocycles. The van der Waals surface area contributed by atoms with Gasteiger partial charge in [0.2, 0.25) is 53.4 Å². The maximum Gasteiger partial charge on any atom is 0.252 e. The van der Waals surface area contributed by atoms with E-state index in [0.29, 0.717) is 61.8 Å². The summed E-state index contributed by atoms with van der Waals surface area (Å²) >= 11 is 14.5. The number of likely N-dealkylation sites (N-methyl/N-ethyl adjacent to an activating group) is 1. The van der Waals surface area contributed by atoms with Crippen LogP contribution in [0.2, 0.25) is 10.0 Å². The first-order chi connectivity index (χ1) is 64.3. The summed E-state index contributed by atoms with van der Waals surface area (Å²) < 4.78 is 45.9. The summed E-state index contributed by atoms with van der Waals surface area (Å²) in [6.07, 6.45) is -5.99. The Morgan fingerprint density at radius 1 is 0.500 bits per heavy atom. The average molecular weight is 1880 g/mol. The lowest BCUT2D eigenvalue weighted by atomic mass is 9.89. The highest BCUT2D eigenvalue weighted by molar-refractivity contribution is 6.33. The zero-order valence-electron chi connectivity index (χ0n) is 74.5. The fraction of sp³-hybridized carbons (Fsp3) is 0.361. The third-order valence-corrected chi connectivity index (χ3v) is 24.2. The number of fused-ring (bicyclic) bond motifs is 14. The highest BCUT2D eigenvalue weighted by atomic mass is 35.5. The second-order valence-corrected chi connectivity index (χ2v) is 34.8. The molecule has 0 saturated carbocycles. The van der Waals surface area contributed by atoms with E-state index in [-0.39, 0.29) is 94.0 Å². The standard InChI is InChI=1S/C97H108Cl2N12O23/c1-8-10-36-128-58-23-16-51(17-24-58)48-102-82-85(118)86(119)88(96(127)101-33-13-35-110(5)6)134-97(82)133-87-73-42-56-43-74(87)132-71-31-22-55(40-65(71)98)84(117)81-94(125)107-79(90(121)100-32-12-34-109(3)4)63-44-57(112)45-69(115)75(63)62-39-53(20-29-67(62)113)77(91(122)108-81)104-92(123)78(56)105-93(124)80-64-46-61(47-70(116)76(64)99)131-72-41-54(21-30-68(72)114)83(111(7)49-52-18-25-59(26-19-52)129-37-11-9-2)95(126)103-66(89(120)106-80)38-50-14-27-60(130-73)28-15-50/h14-31,39-47,66,77-86,88,97,102,112-119H,8-13,32-38,48-49H2,1-7H3,(H,100,121)(H,101,127)(H,103,126)(H,104,123)(H,105,124)(H,106,120)(H,107,125)(H,108,122)/t66-,77-,78-,79+,80+,81+,82-,83-,84-,85-,86+,88+,97-/m1/s1. The molecule has 708 valence electrons. The Morgan fingerprint density at radius 2 is 1.09 bits per heavy atom. The van der Waals surface area contributed by atoms with E-state index in [0.717, 1.165) is 73.7 Å². The van der Waals surface area contributed by atoms with Crippen LogP contribution in [0.4, 0.5) is 0 Å². The van der Waals surface area contributed by atoms with E-state index in [1.165, 1.54) is 60.7 Å². The first kappa shape index (κ1) is 96.8. The molecule has 9 aromatic carbocycles. The molecule has 0 radical (unpaired) electrons. The number of ether oxygens (including phenoxy) is 7. The SMILES string of the molecule is CCCCOc1ccc(CN[C@H]2[C@H](Oc3c4cc5cc3Oc3ccc(cc3Cl)[C@@H](O)[C@@H]3NC(=O)[C@H](NC(=O)[C@@H]5NC(=O)[C@H]5NC(=O)[C@@H](Cc6ccc(cc6)O4)NC(=O)[C@H](N(C)Cc4ccc(OCCCC)cc4)c4ccc(O)c(c4)Oc4cc(O)c(Cl)c5c4)c4ccc(O)c(c4)-c4c(O)cc(O)cc4[C@@H](C(=O)NCCCN(C)C)NC3=O)O[C@H](C(=O)NCCCN(C)C)[C@@H](O)[C@@H]2O)cc1. The van der Waals surface area contributed by atoms with Gasteiger partial charge in [-0.05, 0) is 216 Å². The lowest BCUT2D eigenvalue weighted by molar-refractivity contribution is -0.235. The number of phenols is 5. The van der Waals surface area contributed by atoms with Crippen molar-refractivity contribution in [3.05, 3.63) is 224 Å². The molecule has 7 aliphatic rings. The number of phenolic OH excluding ortho intramolecular Hbond substituents is 5. The number of nitrogens with zero attached hydrogens (tertiary/aromatic N) is 3. The van der Waals surface area contributed by atoms with Crippen molar-refractivity contribution in [3.63, 3.8) is 0 Å². The normalized spacial score (nSPS) is 21.7. The number of aliphatic hydroxyl groups is 3. The highest BCUT2D eigenvalue weighted by Crippen LogP contribution is 2.50. The molecule has 0 spiro atoms. The van der Waals surface area contributed by atoms with Gasteiger partial charge in [-0.2, -0.15) is 0 Å². The summed E-state index contributed by atoms with van der Waals surface area (Å²) in [6.45, 7) is 6.18. The summed E-state index contributed by atoms with van der Waals surface area (Å²) in [5, 5.41) is 121. The molecule has 0 unspecified atom stereocenters. The van der Waals surface area contributed by atoms with Crippen molar-refractivity contribution in [1.82, 2.24) is 62.6 Å². The van der Waals surface area contributed by atoms with Crippen molar-refractivity contribution < 1.29 is 112 Å². The molecule has 1 saturated heterocycles. The van der Waals surface area contributed by atoms with Crippen molar-refractivity contribution in [1.29, 1.82) is 0 Å². The molecule has 35 nitrogen and oxygen atoms in total. The topological polar surface area (TPSA) is 481 Å². The molecular formula is C97H108Cl2N12O23. The number of halogens is 2. The molecule has 7 aliphatic heterocycles. The number of amides is 8. The van der Waals surface area contributed by atoms with Crippen LogP contribution in [0.3, 0.4) is 0 Å². The summed E-state index contributed by atoms with van der Waals surface area (Å²) in [5.41, 5.74) is -0.472. The van der Waals surface area contributed by atoms with Crippen LogP contribution in [0, 0.1) is 0 Å². The first-order valence-corrected chi connectivity index (χ1v) is 44.8. The Balaban J connectivity index is 0.978. The molecule has 134 heavy (non-hydrogen) atoms. The smallest absolute Gasteiger partial charge is 0.252 e. The van der Waals surface area contributed by atoms with Crippen molar-refractivity contribution in [3.8, 4) is 91.6 Å². The predicted molar refractivity (Wildman–Crippen MR) is 491 cm³/mol. The molecule has 37 heteroatoms. The van der Waals surface area contributed by atoms with Crippen molar-refractivity contribution in [2.24, 2.45) is 0 Å². The minimum absolute atomic E-state index is 0.00652. The van der Waals surface area contributed by atoms with E-state index >= 15 is 28.8 Å². The molecule has 17 N–H and O–H groups in total. The maximum atomic E-state index is 16.9. The Labute approximate surface area is 782 Å². The first-order valence-electron chi connectivity index (χ1n) is 44.0. The summed E-state index contributed by atoms with van der Waals surface area (Å²) in [4.78, 5) is 132. The highest BCUT2D eigenvalue weighted by Gasteiger charge is 2.50. The van der Waals surface area contributed by atoms with Crippen LogP contribution in [0.5, 0.6) is 80.5 Å². The molecule has 0 aromatic heterocycles. The van der Waals surface area contributed by atoms with E-state index in [9.17, 15) is 50.4 Å². The second-order valence-electron chi connectivity index (χ2n) is 34.1. The quantitative estimate of drug-likeness (QED) is 0.0225. The average Bonchev–Trinajstić information content (AvgIpc) is 0.760. The van der Waals surface area contributed by atoms with Gasteiger partial charge in [0.15, 0.2) is 29.1 Å². The zero-order valence-corrected chi connectivity index (χ0v) is 76.0. The number of hydrogen-bond acceptors (Lipinski definition) is 27. The fourth-order valence-electron chi connectivity index (χ4n) is 16.3. The van der Waals surface area contributed by atoms with Crippen molar-refractivity contribution in [2.45, 2.75) is 151 Å². The molecule has 16 rings (SSSR count).